The molecule has 0 radical (unpaired) electrons. The fourth-order valence-electron chi connectivity index (χ4n) is 1.82. The van der Waals surface area contributed by atoms with Gasteiger partial charge in [-0.1, -0.05) is 29.8 Å². The summed E-state index contributed by atoms with van der Waals surface area (Å²) in [6.45, 7) is 0. The predicted octanol–water partition coefficient (Wildman–Crippen LogP) is 3.42. The Morgan fingerprint density at radius 1 is 1.11 bits per heavy atom. The van der Waals surface area contributed by atoms with Crippen LogP contribution in [-0.2, 0) is 17.6 Å². The van der Waals surface area contributed by atoms with Crippen LogP contribution in [0.25, 0.3) is 0 Å². The number of Topliss-reactive ketones (excluding diaryl/α,β-unsaturated/α-hetero) is 1. The van der Waals surface area contributed by atoms with Gasteiger partial charge in [0.05, 0.1) is 0 Å². The number of rotatable bonds is 4. The zero-order valence-electron chi connectivity index (χ0n) is 10.2. The summed E-state index contributed by atoms with van der Waals surface area (Å²) in [6.07, 6.45) is 0.237. The molecule has 0 heterocycles. The van der Waals surface area contributed by atoms with Gasteiger partial charge in [0.2, 0.25) is 0 Å². The van der Waals surface area contributed by atoms with Crippen LogP contribution in [-0.4, -0.2) is 5.78 Å². The highest BCUT2D eigenvalue weighted by Gasteiger charge is 2.12. The highest BCUT2D eigenvalue weighted by molar-refractivity contribution is 6.31. The van der Waals surface area contributed by atoms with Crippen molar-refractivity contribution in [2.24, 2.45) is 0 Å². The minimum absolute atomic E-state index is 0.00408. The van der Waals surface area contributed by atoms with Gasteiger partial charge in [0.25, 0.3) is 0 Å². The predicted molar refractivity (Wildman–Crippen MR) is 74.7 cm³/mol. The van der Waals surface area contributed by atoms with E-state index in [-0.39, 0.29) is 29.2 Å². The lowest BCUT2D eigenvalue weighted by Gasteiger charge is -2.05. The molecule has 2 rings (SSSR count). The maximum atomic E-state index is 13.5. The van der Waals surface area contributed by atoms with Crippen LogP contribution in [0.2, 0.25) is 5.02 Å². The Morgan fingerprint density at radius 3 is 2.42 bits per heavy atom. The van der Waals surface area contributed by atoms with Gasteiger partial charge in [-0.3, -0.25) is 4.79 Å². The monoisotopic (exact) mass is 277 g/mol. The second-order valence-corrected chi connectivity index (χ2v) is 4.74. The first-order valence-electron chi connectivity index (χ1n) is 5.85. The molecule has 0 aliphatic rings. The van der Waals surface area contributed by atoms with Crippen molar-refractivity contribution in [1.82, 2.24) is 0 Å². The van der Waals surface area contributed by atoms with Crippen LogP contribution in [0, 0.1) is 5.82 Å². The third kappa shape index (κ3) is 3.55. The van der Waals surface area contributed by atoms with E-state index in [4.69, 9.17) is 17.3 Å². The number of carbonyl (C=O) groups is 1. The Labute approximate surface area is 116 Å². The number of hydrogen-bond donors (Lipinski definition) is 1. The zero-order chi connectivity index (χ0) is 13.8. The Balaban J connectivity index is 2.07. The van der Waals surface area contributed by atoms with Crippen molar-refractivity contribution in [2.75, 3.05) is 5.73 Å². The zero-order valence-corrected chi connectivity index (χ0v) is 11.0. The molecule has 0 aromatic heterocycles. The molecule has 0 saturated carbocycles. The molecule has 0 bridgehead atoms. The molecule has 4 heteroatoms. The van der Waals surface area contributed by atoms with Crippen LogP contribution in [0.5, 0.6) is 0 Å². The lowest BCUT2D eigenvalue weighted by atomic mass is 10.0. The highest BCUT2D eigenvalue weighted by Crippen LogP contribution is 2.20. The van der Waals surface area contributed by atoms with Gasteiger partial charge in [-0.05, 0) is 29.8 Å². The molecule has 2 aromatic carbocycles. The van der Waals surface area contributed by atoms with Crippen molar-refractivity contribution >= 4 is 23.1 Å². The molecule has 0 atom stereocenters. The van der Waals surface area contributed by atoms with Gasteiger partial charge < -0.3 is 5.73 Å². The summed E-state index contributed by atoms with van der Waals surface area (Å²) in [6, 6.07) is 11.4. The number of ketones is 1. The molecular formula is C15H13ClFNO. The van der Waals surface area contributed by atoms with Crippen molar-refractivity contribution in [3.05, 3.63) is 64.4 Å². The second kappa shape index (κ2) is 5.85. The summed E-state index contributed by atoms with van der Waals surface area (Å²) in [4.78, 5) is 11.9. The number of nitrogen functional groups attached to an aromatic ring is 1. The second-order valence-electron chi connectivity index (χ2n) is 4.33. The van der Waals surface area contributed by atoms with Gasteiger partial charge in [-0.25, -0.2) is 4.39 Å². The van der Waals surface area contributed by atoms with E-state index in [0.717, 1.165) is 5.56 Å². The minimum Gasteiger partial charge on any atom is -0.399 e. The standard InChI is InChI=1S/C15H13ClFNO/c16-14-2-1-3-15(17)13(14)9-12(19)8-10-4-6-11(18)7-5-10/h1-7H,8-9,18H2. The van der Waals surface area contributed by atoms with Crippen molar-refractivity contribution in [3.63, 3.8) is 0 Å². The first-order valence-corrected chi connectivity index (χ1v) is 6.23. The van der Waals surface area contributed by atoms with Gasteiger partial charge in [0.1, 0.15) is 11.6 Å². The van der Waals surface area contributed by atoms with Gasteiger partial charge in [0, 0.05) is 29.1 Å². The number of halogens is 2. The van der Waals surface area contributed by atoms with Crippen LogP contribution >= 0.6 is 11.6 Å². The largest absolute Gasteiger partial charge is 0.399 e. The molecule has 2 N–H and O–H groups in total. The summed E-state index contributed by atoms with van der Waals surface area (Å²) in [5, 5.41) is 0.283. The van der Waals surface area contributed by atoms with Gasteiger partial charge in [0.15, 0.2) is 0 Å². The van der Waals surface area contributed by atoms with E-state index in [1.165, 1.54) is 12.1 Å². The average molecular weight is 278 g/mol. The molecule has 98 valence electrons. The molecule has 0 fully saturated rings. The minimum atomic E-state index is -0.446. The van der Waals surface area contributed by atoms with Crippen LogP contribution in [0.15, 0.2) is 42.5 Å². The van der Waals surface area contributed by atoms with E-state index < -0.39 is 5.82 Å². The van der Waals surface area contributed by atoms with Crippen LogP contribution < -0.4 is 5.73 Å². The topological polar surface area (TPSA) is 43.1 Å². The summed E-state index contributed by atoms with van der Waals surface area (Å²) >= 11 is 5.89. The molecule has 0 amide bonds. The van der Waals surface area contributed by atoms with Crippen molar-refractivity contribution < 1.29 is 9.18 Å². The van der Waals surface area contributed by atoms with Gasteiger partial charge in [-0.2, -0.15) is 0 Å². The van der Waals surface area contributed by atoms with Crippen LogP contribution in [0.4, 0.5) is 10.1 Å². The summed E-state index contributed by atoms with van der Waals surface area (Å²) in [5.74, 6) is -0.532. The Hall–Kier alpha value is -1.87. The van der Waals surface area contributed by atoms with Crippen molar-refractivity contribution in [3.8, 4) is 0 Å². The lowest BCUT2D eigenvalue weighted by molar-refractivity contribution is -0.117. The van der Waals surface area contributed by atoms with Crippen molar-refractivity contribution in [1.29, 1.82) is 0 Å². The third-order valence-electron chi connectivity index (χ3n) is 2.82. The number of nitrogens with two attached hydrogens (primary N) is 1. The molecule has 0 spiro atoms. The van der Waals surface area contributed by atoms with Gasteiger partial charge >= 0.3 is 0 Å². The molecule has 0 saturated heterocycles. The maximum absolute atomic E-state index is 13.5. The Bertz CT molecular complexity index is 575. The fraction of sp³-hybridized carbons (Fsp3) is 0.133. The van der Waals surface area contributed by atoms with E-state index in [0.29, 0.717) is 5.69 Å². The first-order chi connectivity index (χ1) is 9.06. The van der Waals surface area contributed by atoms with E-state index in [2.05, 4.69) is 0 Å². The van der Waals surface area contributed by atoms with E-state index in [1.54, 1.807) is 30.3 Å². The number of carbonyl (C=O) groups excluding carboxylic acids is 1. The maximum Gasteiger partial charge on any atom is 0.141 e. The van der Waals surface area contributed by atoms with Gasteiger partial charge in [-0.15, -0.1) is 0 Å². The van der Waals surface area contributed by atoms with Crippen LogP contribution in [0.1, 0.15) is 11.1 Å². The van der Waals surface area contributed by atoms with Crippen LogP contribution in [0.3, 0.4) is 0 Å². The lowest BCUT2D eigenvalue weighted by Crippen LogP contribution is -2.08. The summed E-state index contributed by atoms with van der Waals surface area (Å²) < 4.78 is 13.5. The molecule has 2 nitrogen and oxygen atoms in total. The van der Waals surface area contributed by atoms with E-state index in [9.17, 15) is 9.18 Å². The quantitative estimate of drug-likeness (QED) is 0.870. The average Bonchev–Trinajstić information content (AvgIpc) is 2.37. The first kappa shape index (κ1) is 13.6. The number of benzene rings is 2. The SMILES string of the molecule is Nc1ccc(CC(=O)Cc2c(F)cccc2Cl)cc1. The molecule has 0 aliphatic heterocycles. The number of anilines is 1. The highest BCUT2D eigenvalue weighted by atomic mass is 35.5. The summed E-state index contributed by atoms with van der Waals surface area (Å²) in [5.41, 5.74) is 7.32. The van der Waals surface area contributed by atoms with E-state index in [1.807, 2.05) is 0 Å². The smallest absolute Gasteiger partial charge is 0.141 e. The molecule has 19 heavy (non-hydrogen) atoms. The molecule has 0 unspecified atom stereocenters. The molecule has 2 aromatic rings. The molecular weight excluding hydrogens is 265 g/mol. The Morgan fingerprint density at radius 2 is 1.79 bits per heavy atom. The number of hydrogen-bond acceptors (Lipinski definition) is 2. The molecule has 0 aliphatic carbocycles. The van der Waals surface area contributed by atoms with E-state index >= 15 is 0 Å². The Kier molecular flexibility index (Phi) is 4.17. The third-order valence-corrected chi connectivity index (χ3v) is 3.17. The summed E-state index contributed by atoms with van der Waals surface area (Å²) in [7, 11) is 0. The fourth-order valence-corrected chi connectivity index (χ4v) is 2.05. The van der Waals surface area contributed by atoms with Crippen molar-refractivity contribution in [2.45, 2.75) is 12.8 Å². The normalized spacial score (nSPS) is 10.4.